The van der Waals surface area contributed by atoms with Crippen LogP contribution in [0.25, 0.3) is 11.3 Å². The van der Waals surface area contributed by atoms with Gasteiger partial charge in [-0.2, -0.15) is 0 Å². The fourth-order valence-corrected chi connectivity index (χ4v) is 5.73. The molecule has 194 valence electrons. The third-order valence-corrected chi connectivity index (χ3v) is 7.86. The summed E-state index contributed by atoms with van der Waals surface area (Å²) in [4.78, 5) is 17.6. The first kappa shape index (κ1) is 24.0. The van der Waals surface area contributed by atoms with Gasteiger partial charge in [-0.05, 0) is 89.3 Å². The summed E-state index contributed by atoms with van der Waals surface area (Å²) in [6, 6.07) is 7.18. The van der Waals surface area contributed by atoms with Crippen molar-refractivity contribution >= 4 is 17.5 Å². The predicted octanol–water partition coefficient (Wildman–Crippen LogP) is 5.51. The van der Waals surface area contributed by atoms with Crippen LogP contribution < -0.4 is 15.0 Å². The fourth-order valence-electron chi connectivity index (χ4n) is 5.73. The van der Waals surface area contributed by atoms with E-state index in [1.54, 1.807) is 6.07 Å². The van der Waals surface area contributed by atoms with Gasteiger partial charge in [-0.15, -0.1) is 0 Å². The lowest BCUT2D eigenvalue weighted by molar-refractivity contribution is 0.234. The number of likely N-dealkylation sites (tertiary alicyclic amines) is 1. The highest BCUT2D eigenvalue weighted by Gasteiger charge is 2.53. The van der Waals surface area contributed by atoms with E-state index >= 15 is 4.39 Å². The molecule has 0 amide bonds. The number of benzene rings is 1. The zero-order valence-electron chi connectivity index (χ0n) is 21.5. The van der Waals surface area contributed by atoms with Crippen LogP contribution in [0.4, 0.5) is 26.2 Å². The standard InChI is InChI=1S/C28H32F2N6O/c1-17(2)36-23-13-20(12-21(29)26(23)37-16-28(36)8-9-28)25-22(30)15-32-27(34-25)33-24-5-4-19(14-31-24)18-6-10-35(3)11-7-18/h4-5,12-15,17-18H,6-11,16H2,1-3H3,(H,31,32,33,34). The molecule has 0 atom stereocenters. The van der Waals surface area contributed by atoms with E-state index in [0.29, 0.717) is 29.6 Å². The van der Waals surface area contributed by atoms with Gasteiger partial charge in [0.05, 0.1) is 17.4 Å². The van der Waals surface area contributed by atoms with Gasteiger partial charge in [0.1, 0.15) is 18.1 Å². The van der Waals surface area contributed by atoms with Crippen LogP contribution in [0.1, 0.15) is 51.0 Å². The summed E-state index contributed by atoms with van der Waals surface area (Å²) in [5, 5.41) is 3.07. The largest absolute Gasteiger partial charge is 0.486 e. The maximum absolute atomic E-state index is 15.2. The number of nitrogens with one attached hydrogen (secondary N) is 1. The van der Waals surface area contributed by atoms with E-state index in [4.69, 9.17) is 4.74 Å². The van der Waals surface area contributed by atoms with Gasteiger partial charge in [0.15, 0.2) is 17.4 Å². The Hall–Kier alpha value is -3.33. The fraction of sp³-hybridized carbons (Fsp3) is 0.464. The molecule has 0 radical (unpaired) electrons. The van der Waals surface area contributed by atoms with Gasteiger partial charge in [-0.3, -0.25) is 0 Å². The lowest BCUT2D eigenvalue weighted by Crippen LogP contribution is -2.49. The molecule has 1 spiro atoms. The Balaban J connectivity index is 1.27. The highest BCUT2D eigenvalue weighted by atomic mass is 19.1. The van der Waals surface area contributed by atoms with E-state index in [1.807, 2.05) is 12.3 Å². The molecule has 3 aromatic rings. The molecule has 7 nitrogen and oxygen atoms in total. The molecule has 1 saturated heterocycles. The van der Waals surface area contributed by atoms with Gasteiger partial charge in [0.25, 0.3) is 0 Å². The number of nitrogens with zero attached hydrogens (tertiary/aromatic N) is 5. The Morgan fingerprint density at radius 3 is 2.51 bits per heavy atom. The molecule has 1 N–H and O–H groups in total. The summed E-state index contributed by atoms with van der Waals surface area (Å²) in [6.07, 6.45) is 7.22. The molecule has 37 heavy (non-hydrogen) atoms. The van der Waals surface area contributed by atoms with E-state index in [0.717, 1.165) is 45.0 Å². The van der Waals surface area contributed by atoms with E-state index in [-0.39, 0.29) is 29.0 Å². The van der Waals surface area contributed by atoms with Crippen molar-refractivity contribution in [3.05, 3.63) is 53.9 Å². The Morgan fingerprint density at radius 2 is 1.84 bits per heavy atom. The zero-order chi connectivity index (χ0) is 25.7. The highest BCUT2D eigenvalue weighted by Crippen LogP contribution is 2.52. The molecule has 0 bridgehead atoms. The maximum Gasteiger partial charge on any atom is 0.229 e. The van der Waals surface area contributed by atoms with E-state index in [1.165, 1.54) is 11.6 Å². The lowest BCUT2D eigenvalue weighted by atomic mass is 9.91. The molecular formula is C28H32F2N6O. The molecule has 0 unspecified atom stereocenters. The first-order valence-electron chi connectivity index (χ1n) is 13.0. The number of hydrogen-bond acceptors (Lipinski definition) is 7. The van der Waals surface area contributed by atoms with Crippen LogP contribution in [0.3, 0.4) is 0 Å². The zero-order valence-corrected chi connectivity index (χ0v) is 21.5. The molecule has 2 aliphatic heterocycles. The maximum atomic E-state index is 15.2. The average molecular weight is 507 g/mol. The van der Waals surface area contributed by atoms with Gasteiger partial charge < -0.3 is 19.9 Å². The van der Waals surface area contributed by atoms with E-state index in [2.05, 4.69) is 57.0 Å². The van der Waals surface area contributed by atoms with Crippen molar-refractivity contribution in [2.45, 2.75) is 57.0 Å². The van der Waals surface area contributed by atoms with Crippen molar-refractivity contribution in [1.29, 1.82) is 0 Å². The quantitative estimate of drug-likeness (QED) is 0.490. The third kappa shape index (κ3) is 4.50. The van der Waals surface area contributed by atoms with Gasteiger partial charge in [-0.1, -0.05) is 6.07 Å². The number of anilines is 3. The monoisotopic (exact) mass is 506 g/mol. The first-order chi connectivity index (χ1) is 17.8. The number of halogens is 2. The summed E-state index contributed by atoms with van der Waals surface area (Å²) in [5.41, 5.74) is 2.13. The number of hydrogen-bond donors (Lipinski definition) is 1. The molecule has 1 aliphatic carbocycles. The van der Waals surface area contributed by atoms with E-state index in [9.17, 15) is 4.39 Å². The minimum absolute atomic E-state index is 0.0290. The van der Waals surface area contributed by atoms with Crippen molar-refractivity contribution < 1.29 is 13.5 Å². The summed E-state index contributed by atoms with van der Waals surface area (Å²) >= 11 is 0. The van der Waals surface area contributed by atoms with Crippen molar-refractivity contribution in [3.8, 4) is 17.0 Å². The van der Waals surface area contributed by atoms with Gasteiger partial charge >= 0.3 is 0 Å². The van der Waals surface area contributed by atoms with E-state index < -0.39 is 11.6 Å². The van der Waals surface area contributed by atoms with Gasteiger partial charge in [0, 0.05) is 17.8 Å². The summed E-state index contributed by atoms with van der Waals surface area (Å²) in [7, 11) is 2.15. The highest BCUT2D eigenvalue weighted by molar-refractivity contribution is 5.74. The molecule has 1 aromatic carbocycles. The van der Waals surface area contributed by atoms with Crippen molar-refractivity contribution in [2.24, 2.45) is 0 Å². The minimum atomic E-state index is -0.621. The number of fused-ring (bicyclic) bond motifs is 1. The number of piperidine rings is 1. The van der Waals surface area contributed by atoms with Crippen LogP contribution in [-0.4, -0.2) is 58.2 Å². The number of pyridine rings is 1. The van der Waals surface area contributed by atoms with Gasteiger partial charge in [0.2, 0.25) is 5.95 Å². The number of ether oxygens (including phenoxy) is 1. The van der Waals surface area contributed by atoms with Crippen LogP contribution in [0.5, 0.6) is 5.75 Å². The molecule has 2 aromatic heterocycles. The molecule has 4 heterocycles. The Morgan fingerprint density at radius 1 is 1.05 bits per heavy atom. The number of aromatic nitrogens is 3. The second-order valence-electron chi connectivity index (χ2n) is 10.9. The van der Waals surface area contributed by atoms with Crippen molar-refractivity contribution in [1.82, 2.24) is 19.9 Å². The molecular weight excluding hydrogens is 474 g/mol. The molecule has 3 aliphatic rings. The van der Waals surface area contributed by atoms with Crippen LogP contribution in [-0.2, 0) is 0 Å². The second-order valence-corrected chi connectivity index (χ2v) is 10.9. The van der Waals surface area contributed by atoms with Crippen LogP contribution >= 0.6 is 0 Å². The topological polar surface area (TPSA) is 66.4 Å². The molecule has 2 fully saturated rings. The normalized spacial score (nSPS) is 19.1. The SMILES string of the molecule is CC(C)N1c2cc(-c3nc(Nc4ccc(C5CCN(C)CC5)cn4)ncc3F)cc(F)c2OCC12CC2. The Bertz CT molecular complexity index is 1300. The van der Waals surface area contributed by atoms with Crippen molar-refractivity contribution in [2.75, 3.05) is 37.0 Å². The molecule has 6 rings (SSSR count). The minimum Gasteiger partial charge on any atom is -0.486 e. The van der Waals surface area contributed by atoms with Crippen LogP contribution in [0.15, 0.2) is 36.7 Å². The van der Waals surface area contributed by atoms with Crippen LogP contribution in [0.2, 0.25) is 0 Å². The smallest absolute Gasteiger partial charge is 0.229 e. The summed E-state index contributed by atoms with van der Waals surface area (Å²) in [5.74, 6) is 0.355. The summed E-state index contributed by atoms with van der Waals surface area (Å²) < 4.78 is 35.9. The number of rotatable bonds is 5. The predicted molar refractivity (Wildman–Crippen MR) is 139 cm³/mol. The molecule has 1 saturated carbocycles. The average Bonchev–Trinajstić information content (AvgIpc) is 3.65. The third-order valence-electron chi connectivity index (χ3n) is 7.86. The lowest BCUT2D eigenvalue weighted by Gasteiger charge is -2.42. The van der Waals surface area contributed by atoms with Gasteiger partial charge in [-0.25, -0.2) is 23.7 Å². The summed E-state index contributed by atoms with van der Waals surface area (Å²) in [6.45, 7) is 6.80. The second kappa shape index (κ2) is 9.20. The molecule has 9 heteroatoms. The Labute approximate surface area is 215 Å². The van der Waals surface area contributed by atoms with Crippen molar-refractivity contribution in [3.63, 3.8) is 0 Å². The first-order valence-corrected chi connectivity index (χ1v) is 13.0. The van der Waals surface area contributed by atoms with Crippen LogP contribution in [0, 0.1) is 11.6 Å². The Kier molecular flexibility index (Phi) is 5.98.